The van der Waals surface area contributed by atoms with Gasteiger partial charge in [0.05, 0.1) is 5.75 Å². The van der Waals surface area contributed by atoms with Crippen LogP contribution < -0.4 is 5.73 Å². The van der Waals surface area contributed by atoms with E-state index >= 15 is 0 Å². The van der Waals surface area contributed by atoms with Crippen molar-refractivity contribution in [2.45, 2.75) is 26.2 Å². The Morgan fingerprint density at radius 3 is 2.72 bits per heavy atom. The number of sulfone groups is 1. The van der Waals surface area contributed by atoms with Gasteiger partial charge in [-0.2, -0.15) is 0 Å². The molecule has 108 valence electrons. The van der Waals surface area contributed by atoms with Crippen LogP contribution in [0.15, 0.2) is 4.99 Å². The van der Waals surface area contributed by atoms with Gasteiger partial charge in [0, 0.05) is 25.9 Å². The second-order valence-electron chi connectivity index (χ2n) is 4.92. The topological polar surface area (TPSA) is 75.8 Å². The summed E-state index contributed by atoms with van der Waals surface area (Å²) >= 11 is 0. The summed E-state index contributed by atoms with van der Waals surface area (Å²) in [6.45, 7) is 4.63. The Labute approximate surface area is 127 Å². The highest BCUT2D eigenvalue weighted by Crippen LogP contribution is 2.14. The number of nitrogens with zero attached hydrogens (tertiary/aromatic N) is 2. The lowest BCUT2D eigenvalue weighted by Gasteiger charge is -2.31. The quantitative estimate of drug-likeness (QED) is 0.338. The van der Waals surface area contributed by atoms with Gasteiger partial charge in [0.1, 0.15) is 9.84 Å². The number of likely N-dealkylation sites (tertiary alicyclic amines) is 1. The molecule has 0 amide bonds. The maximum absolute atomic E-state index is 10.9. The van der Waals surface area contributed by atoms with E-state index in [1.165, 1.54) is 12.7 Å². The molecule has 1 unspecified atom stereocenters. The van der Waals surface area contributed by atoms with Crippen LogP contribution in [0.1, 0.15) is 26.2 Å². The lowest BCUT2D eigenvalue weighted by molar-refractivity contribution is 0.270. The molecule has 1 heterocycles. The molecule has 1 aliphatic heterocycles. The van der Waals surface area contributed by atoms with Crippen LogP contribution in [-0.4, -0.2) is 50.9 Å². The normalized spacial score (nSPS) is 21.6. The molecule has 1 rings (SSSR count). The predicted octanol–water partition coefficient (Wildman–Crippen LogP) is 1.09. The van der Waals surface area contributed by atoms with E-state index in [2.05, 4.69) is 16.8 Å². The summed E-state index contributed by atoms with van der Waals surface area (Å²) in [6, 6.07) is 0. The van der Waals surface area contributed by atoms with E-state index in [1.807, 2.05) is 0 Å². The van der Waals surface area contributed by atoms with Crippen LogP contribution >= 0.6 is 24.0 Å². The van der Waals surface area contributed by atoms with Gasteiger partial charge in [0.25, 0.3) is 0 Å². The van der Waals surface area contributed by atoms with Gasteiger partial charge in [0.15, 0.2) is 5.96 Å². The van der Waals surface area contributed by atoms with Gasteiger partial charge < -0.3 is 10.6 Å². The van der Waals surface area contributed by atoms with Gasteiger partial charge in [-0.15, -0.1) is 24.0 Å². The lowest BCUT2D eigenvalue weighted by atomic mass is 10.0. The predicted molar refractivity (Wildman–Crippen MR) is 86.2 cm³/mol. The van der Waals surface area contributed by atoms with Crippen molar-refractivity contribution >= 4 is 39.8 Å². The Kier molecular flexibility index (Phi) is 8.16. The molecule has 0 bridgehead atoms. The molecule has 18 heavy (non-hydrogen) atoms. The van der Waals surface area contributed by atoms with Crippen molar-refractivity contribution in [3.63, 3.8) is 0 Å². The van der Waals surface area contributed by atoms with Gasteiger partial charge in [0.2, 0.25) is 0 Å². The number of rotatable bonds is 4. The number of hydrogen-bond acceptors (Lipinski definition) is 3. The van der Waals surface area contributed by atoms with E-state index in [0.29, 0.717) is 24.8 Å². The van der Waals surface area contributed by atoms with E-state index < -0.39 is 9.84 Å². The zero-order valence-electron chi connectivity index (χ0n) is 11.1. The Morgan fingerprint density at radius 1 is 1.50 bits per heavy atom. The number of piperidine rings is 1. The lowest BCUT2D eigenvalue weighted by Crippen LogP contribution is -2.43. The van der Waals surface area contributed by atoms with Crippen molar-refractivity contribution in [3.8, 4) is 0 Å². The summed E-state index contributed by atoms with van der Waals surface area (Å²) in [6.07, 6.45) is 4.19. The third kappa shape index (κ3) is 7.40. The summed E-state index contributed by atoms with van der Waals surface area (Å²) in [4.78, 5) is 6.33. The molecular weight excluding hydrogens is 365 g/mol. The van der Waals surface area contributed by atoms with E-state index in [-0.39, 0.29) is 29.7 Å². The molecule has 2 N–H and O–H groups in total. The molecule has 0 aliphatic carbocycles. The largest absolute Gasteiger partial charge is 0.370 e. The molecule has 1 fully saturated rings. The molecular formula is C11H24IN3O2S. The fraction of sp³-hybridized carbons (Fsp3) is 0.909. The van der Waals surface area contributed by atoms with Crippen LogP contribution in [-0.2, 0) is 9.84 Å². The molecule has 1 aliphatic rings. The second kappa shape index (κ2) is 8.19. The standard InChI is InChI=1S/C11H23N3O2S.HI/c1-10-5-3-7-14(9-10)11(12)13-6-4-8-17(2,15)16;/h10H,3-9H2,1-2H3,(H2,12,13);1H. The van der Waals surface area contributed by atoms with Crippen LogP contribution in [0, 0.1) is 5.92 Å². The second-order valence-corrected chi connectivity index (χ2v) is 7.18. The Morgan fingerprint density at radius 2 is 2.17 bits per heavy atom. The Balaban J connectivity index is 0.00000289. The maximum atomic E-state index is 10.9. The average Bonchev–Trinajstić information content (AvgIpc) is 2.23. The van der Waals surface area contributed by atoms with E-state index in [4.69, 9.17) is 5.73 Å². The molecule has 0 saturated carbocycles. The third-order valence-electron chi connectivity index (χ3n) is 2.93. The Bertz CT molecular complexity index is 370. The smallest absolute Gasteiger partial charge is 0.191 e. The van der Waals surface area contributed by atoms with E-state index in [1.54, 1.807) is 0 Å². The molecule has 0 spiro atoms. The minimum atomic E-state index is -2.88. The van der Waals surface area contributed by atoms with Crippen LogP contribution in [0.2, 0.25) is 0 Å². The minimum absolute atomic E-state index is 0. The van der Waals surface area contributed by atoms with Crippen molar-refractivity contribution in [1.82, 2.24) is 4.90 Å². The first-order chi connectivity index (χ1) is 7.88. The van der Waals surface area contributed by atoms with Crippen LogP contribution in [0.3, 0.4) is 0 Å². The van der Waals surface area contributed by atoms with Gasteiger partial charge in [-0.3, -0.25) is 4.99 Å². The van der Waals surface area contributed by atoms with E-state index in [9.17, 15) is 8.42 Å². The van der Waals surface area contributed by atoms with E-state index in [0.717, 1.165) is 19.5 Å². The first-order valence-electron chi connectivity index (χ1n) is 6.11. The monoisotopic (exact) mass is 389 g/mol. The van der Waals surface area contributed by atoms with Gasteiger partial charge in [-0.05, 0) is 25.2 Å². The van der Waals surface area contributed by atoms with Crippen molar-refractivity contribution in [1.29, 1.82) is 0 Å². The third-order valence-corrected chi connectivity index (χ3v) is 3.96. The molecule has 0 aromatic carbocycles. The van der Waals surface area contributed by atoms with Crippen molar-refractivity contribution in [2.24, 2.45) is 16.6 Å². The van der Waals surface area contributed by atoms with Crippen LogP contribution in [0.5, 0.6) is 0 Å². The number of nitrogens with two attached hydrogens (primary N) is 1. The first kappa shape index (κ1) is 17.9. The number of halogens is 1. The van der Waals surface area contributed by atoms with Gasteiger partial charge in [-0.25, -0.2) is 8.42 Å². The minimum Gasteiger partial charge on any atom is -0.370 e. The number of aliphatic imine (C=N–C) groups is 1. The van der Waals surface area contributed by atoms with Crippen molar-refractivity contribution < 1.29 is 8.42 Å². The SMILES string of the molecule is CC1CCCN(C(N)=NCCCS(C)(=O)=O)C1.I. The first-order valence-corrected chi connectivity index (χ1v) is 8.17. The fourth-order valence-corrected chi connectivity index (χ4v) is 2.67. The summed E-state index contributed by atoms with van der Waals surface area (Å²) in [5.41, 5.74) is 5.89. The van der Waals surface area contributed by atoms with Crippen molar-refractivity contribution in [2.75, 3.05) is 31.6 Å². The molecule has 0 aromatic heterocycles. The molecule has 5 nitrogen and oxygen atoms in total. The van der Waals surface area contributed by atoms with Crippen LogP contribution in [0.25, 0.3) is 0 Å². The zero-order chi connectivity index (χ0) is 12.9. The Hall–Kier alpha value is -0.0500. The summed E-state index contributed by atoms with van der Waals surface area (Å²) in [7, 11) is -2.88. The van der Waals surface area contributed by atoms with Gasteiger partial charge >= 0.3 is 0 Å². The molecule has 1 saturated heterocycles. The highest BCUT2D eigenvalue weighted by atomic mass is 127. The molecule has 0 radical (unpaired) electrons. The van der Waals surface area contributed by atoms with Gasteiger partial charge in [-0.1, -0.05) is 6.92 Å². The zero-order valence-corrected chi connectivity index (χ0v) is 14.3. The summed E-state index contributed by atoms with van der Waals surface area (Å²) in [5, 5.41) is 0. The highest BCUT2D eigenvalue weighted by molar-refractivity contribution is 14.0. The molecule has 0 aromatic rings. The molecule has 1 atom stereocenters. The summed E-state index contributed by atoms with van der Waals surface area (Å²) < 4.78 is 21.9. The average molecular weight is 389 g/mol. The number of guanidine groups is 1. The number of hydrogen-bond donors (Lipinski definition) is 1. The maximum Gasteiger partial charge on any atom is 0.191 e. The van der Waals surface area contributed by atoms with Crippen molar-refractivity contribution in [3.05, 3.63) is 0 Å². The molecule has 7 heteroatoms. The van der Waals surface area contributed by atoms with Crippen LogP contribution in [0.4, 0.5) is 0 Å². The summed E-state index contributed by atoms with van der Waals surface area (Å²) in [5.74, 6) is 1.40. The highest BCUT2D eigenvalue weighted by Gasteiger charge is 2.17. The fourth-order valence-electron chi connectivity index (χ4n) is 2.02.